The van der Waals surface area contributed by atoms with Crippen LogP contribution in [0.25, 0.3) is 76.9 Å². The van der Waals surface area contributed by atoms with Gasteiger partial charge in [0.25, 0.3) is 0 Å². The van der Waals surface area contributed by atoms with Gasteiger partial charge >= 0.3 is 0 Å². The fraction of sp³-hybridized carbons (Fsp3) is 0.0159. The van der Waals surface area contributed by atoms with E-state index in [2.05, 4.69) is 236 Å². The first-order valence-electron chi connectivity index (χ1n) is 22.2. The number of hydrogen-bond donors (Lipinski definition) is 0. The lowest BCUT2D eigenvalue weighted by Crippen LogP contribution is -2.28. The molecule has 1 heterocycles. The Bertz CT molecular complexity index is 3720. The summed E-state index contributed by atoms with van der Waals surface area (Å²) in [6.07, 6.45) is 5.95. The van der Waals surface area contributed by atoms with E-state index >= 15 is 0 Å². The molecule has 2 heteroatoms. The van der Waals surface area contributed by atoms with Gasteiger partial charge in [-0.3, -0.25) is 0 Å². The summed E-state index contributed by atoms with van der Waals surface area (Å²) in [6.45, 7) is 8.86. The summed E-state index contributed by atoms with van der Waals surface area (Å²) in [6, 6.07) is 79.2. The highest BCUT2D eigenvalue weighted by molar-refractivity contribution is 6.16. The van der Waals surface area contributed by atoms with E-state index in [4.69, 9.17) is 11.0 Å². The van der Waals surface area contributed by atoms with E-state index in [0.717, 1.165) is 66.7 Å². The second kappa shape index (κ2) is 15.4. The molecule has 11 aromatic rings. The van der Waals surface area contributed by atoms with Crippen LogP contribution >= 0.6 is 0 Å². The SMILES string of the molecule is C=C/C=C\C(=C)C1(c2ccccc2)c2ccccc2-c2c(N(c3cccc(-c4ccc5ccccc5c4)c3)c3ccccc3-c3ccc4oc5c6ccccc6ccc5c4c3)cccc21. The normalized spacial score (nSPS) is 14.3. The maximum Gasteiger partial charge on any atom is 0.143 e. The van der Waals surface area contributed by atoms with Crippen molar-refractivity contribution < 1.29 is 4.42 Å². The van der Waals surface area contributed by atoms with Crippen LogP contribution in [-0.2, 0) is 5.41 Å². The van der Waals surface area contributed by atoms with Crippen molar-refractivity contribution in [2.75, 3.05) is 4.90 Å². The van der Waals surface area contributed by atoms with Crippen LogP contribution in [0.4, 0.5) is 17.1 Å². The van der Waals surface area contributed by atoms with E-state index in [-0.39, 0.29) is 0 Å². The lowest BCUT2D eigenvalue weighted by molar-refractivity contribution is 0.672. The Balaban J connectivity index is 1.12. The standard InChI is InChI=1S/C63H43NO/c1-3-4-18-42(2)63(49-23-6-5-7-24-49)56-29-14-12-28-54(56)61-57(63)30-17-32-59(61)64(50-25-16-22-46(40-50)47-34-33-43-19-8-9-21-45(43)39-47)58-31-15-13-26-51(58)48-36-38-60-55(41-48)53-37-35-44-20-10-11-27-52(44)62(53)65-60/h3-41H,1-2H2/b18-4-. The van der Waals surface area contributed by atoms with E-state index in [1.165, 1.54) is 49.5 Å². The maximum absolute atomic E-state index is 6.61. The van der Waals surface area contributed by atoms with Crippen molar-refractivity contribution in [3.05, 3.63) is 272 Å². The van der Waals surface area contributed by atoms with Crippen LogP contribution < -0.4 is 4.90 Å². The third-order valence-electron chi connectivity index (χ3n) is 13.4. The van der Waals surface area contributed by atoms with Gasteiger partial charge in [0.15, 0.2) is 0 Å². The minimum atomic E-state index is -0.654. The summed E-state index contributed by atoms with van der Waals surface area (Å²) in [5, 5.41) is 6.93. The smallest absolute Gasteiger partial charge is 0.143 e. The summed E-state index contributed by atoms with van der Waals surface area (Å²) < 4.78 is 6.61. The molecule has 65 heavy (non-hydrogen) atoms. The topological polar surface area (TPSA) is 16.4 Å². The Hall–Kier alpha value is -8.46. The van der Waals surface area contributed by atoms with Gasteiger partial charge in [0.2, 0.25) is 0 Å². The molecule has 1 atom stereocenters. The van der Waals surface area contributed by atoms with Crippen molar-refractivity contribution in [1.82, 2.24) is 0 Å². The molecule has 1 aliphatic carbocycles. The Morgan fingerprint density at radius 3 is 2.03 bits per heavy atom. The summed E-state index contributed by atoms with van der Waals surface area (Å²) in [7, 11) is 0. The van der Waals surface area contributed by atoms with Crippen LogP contribution in [-0.4, -0.2) is 0 Å². The molecule has 306 valence electrons. The van der Waals surface area contributed by atoms with Gasteiger partial charge < -0.3 is 9.32 Å². The molecule has 0 saturated carbocycles. The zero-order valence-corrected chi connectivity index (χ0v) is 35.8. The third-order valence-corrected chi connectivity index (χ3v) is 13.4. The number of nitrogens with zero attached hydrogens (tertiary/aromatic N) is 1. The molecule has 1 aromatic heterocycles. The molecule has 0 amide bonds. The van der Waals surface area contributed by atoms with Crippen LogP contribution in [0.2, 0.25) is 0 Å². The zero-order chi connectivity index (χ0) is 43.5. The van der Waals surface area contributed by atoms with Crippen molar-refractivity contribution in [2.24, 2.45) is 0 Å². The minimum Gasteiger partial charge on any atom is -0.455 e. The van der Waals surface area contributed by atoms with Crippen molar-refractivity contribution in [3.63, 3.8) is 0 Å². The number of benzene rings is 10. The Kier molecular flexibility index (Phi) is 9.06. The number of fused-ring (bicyclic) bond motifs is 9. The first-order valence-corrected chi connectivity index (χ1v) is 22.2. The van der Waals surface area contributed by atoms with E-state index < -0.39 is 5.41 Å². The average Bonchev–Trinajstić information content (AvgIpc) is 3.90. The van der Waals surface area contributed by atoms with Crippen molar-refractivity contribution in [3.8, 4) is 33.4 Å². The number of anilines is 3. The van der Waals surface area contributed by atoms with Gasteiger partial charge in [0, 0.05) is 33.0 Å². The van der Waals surface area contributed by atoms with Gasteiger partial charge in [-0.05, 0) is 109 Å². The number of allylic oxidation sites excluding steroid dienone is 4. The molecular formula is C63H43NO. The van der Waals surface area contributed by atoms with Gasteiger partial charge in [0.1, 0.15) is 11.2 Å². The fourth-order valence-electron chi connectivity index (χ4n) is 10.5. The second-order valence-corrected chi connectivity index (χ2v) is 16.9. The first-order chi connectivity index (χ1) is 32.1. The zero-order valence-electron chi connectivity index (χ0n) is 35.8. The van der Waals surface area contributed by atoms with E-state index in [1.807, 2.05) is 12.2 Å². The minimum absolute atomic E-state index is 0.654. The van der Waals surface area contributed by atoms with E-state index in [9.17, 15) is 0 Å². The monoisotopic (exact) mass is 829 g/mol. The molecule has 0 spiro atoms. The largest absolute Gasteiger partial charge is 0.455 e. The third kappa shape index (κ3) is 6.03. The first kappa shape index (κ1) is 38.2. The molecular weight excluding hydrogens is 787 g/mol. The number of hydrogen-bond acceptors (Lipinski definition) is 2. The van der Waals surface area contributed by atoms with Crippen LogP contribution in [0.15, 0.2) is 260 Å². The van der Waals surface area contributed by atoms with Gasteiger partial charge in [-0.1, -0.05) is 201 Å². The van der Waals surface area contributed by atoms with Gasteiger partial charge in [0.05, 0.1) is 16.8 Å². The number of rotatable bonds is 9. The van der Waals surface area contributed by atoms with Crippen LogP contribution in [0.5, 0.6) is 0 Å². The predicted molar refractivity (Wildman–Crippen MR) is 275 cm³/mol. The fourth-order valence-corrected chi connectivity index (χ4v) is 10.5. The molecule has 0 saturated heterocycles. The van der Waals surface area contributed by atoms with Crippen molar-refractivity contribution in [1.29, 1.82) is 0 Å². The second-order valence-electron chi connectivity index (χ2n) is 16.9. The Morgan fingerprint density at radius 2 is 1.15 bits per heavy atom. The molecule has 0 bridgehead atoms. The van der Waals surface area contributed by atoms with Crippen LogP contribution in [0, 0.1) is 0 Å². The predicted octanol–water partition coefficient (Wildman–Crippen LogP) is 17.3. The number of para-hydroxylation sites is 1. The van der Waals surface area contributed by atoms with E-state index in [1.54, 1.807) is 0 Å². The van der Waals surface area contributed by atoms with Gasteiger partial charge in [-0.15, -0.1) is 0 Å². The molecule has 0 fully saturated rings. The quantitative estimate of drug-likeness (QED) is 0.135. The van der Waals surface area contributed by atoms with E-state index in [0.29, 0.717) is 0 Å². The van der Waals surface area contributed by atoms with Crippen LogP contribution in [0.1, 0.15) is 16.7 Å². The van der Waals surface area contributed by atoms with Crippen molar-refractivity contribution >= 4 is 60.5 Å². The van der Waals surface area contributed by atoms with Gasteiger partial charge in [-0.2, -0.15) is 0 Å². The average molecular weight is 830 g/mol. The molecule has 0 N–H and O–H groups in total. The summed E-state index contributed by atoms with van der Waals surface area (Å²) in [4.78, 5) is 2.48. The summed E-state index contributed by atoms with van der Waals surface area (Å²) in [5.41, 5.74) is 15.8. The molecule has 0 radical (unpaired) electrons. The van der Waals surface area contributed by atoms with Crippen molar-refractivity contribution in [2.45, 2.75) is 5.41 Å². The molecule has 1 unspecified atom stereocenters. The molecule has 0 aliphatic heterocycles. The molecule has 10 aromatic carbocycles. The summed E-state index contributed by atoms with van der Waals surface area (Å²) >= 11 is 0. The highest BCUT2D eigenvalue weighted by Gasteiger charge is 2.47. The molecule has 2 nitrogen and oxygen atoms in total. The number of furan rings is 1. The lowest BCUT2D eigenvalue weighted by atomic mass is 9.67. The maximum atomic E-state index is 6.61. The highest BCUT2D eigenvalue weighted by Crippen LogP contribution is 2.60. The lowest BCUT2D eigenvalue weighted by Gasteiger charge is -2.35. The highest BCUT2D eigenvalue weighted by atomic mass is 16.3. The molecule has 1 aliphatic rings. The molecule has 12 rings (SSSR count). The Morgan fingerprint density at radius 1 is 0.477 bits per heavy atom. The van der Waals surface area contributed by atoms with Crippen LogP contribution in [0.3, 0.4) is 0 Å². The Labute approximate surface area is 379 Å². The van der Waals surface area contributed by atoms with Gasteiger partial charge in [-0.25, -0.2) is 0 Å². The summed E-state index contributed by atoms with van der Waals surface area (Å²) in [5.74, 6) is 0.